The Hall–Kier alpha value is -4.86. The fourth-order valence-corrected chi connectivity index (χ4v) is 5.66. The molecule has 0 saturated carbocycles. The molecule has 2 aromatic heterocycles. The summed E-state index contributed by atoms with van der Waals surface area (Å²) in [6.07, 6.45) is -8.99. The van der Waals surface area contributed by atoms with Crippen molar-refractivity contribution in [3.05, 3.63) is 135 Å². The van der Waals surface area contributed by atoms with Gasteiger partial charge in [0, 0.05) is 33.3 Å². The first kappa shape index (κ1) is 36.4. The fourth-order valence-electron chi connectivity index (χ4n) is 4.50. The highest BCUT2D eigenvalue weighted by Gasteiger charge is 2.31. The van der Waals surface area contributed by atoms with Crippen LogP contribution in [0.3, 0.4) is 0 Å². The molecule has 0 atom stereocenters. The number of nitrogens with zero attached hydrogens (tertiary/aromatic N) is 2. The van der Waals surface area contributed by atoms with E-state index in [9.17, 15) is 45.5 Å². The molecule has 0 fully saturated rings. The molecule has 4 aromatic carbocycles. The van der Waals surface area contributed by atoms with Crippen molar-refractivity contribution < 1.29 is 35.9 Å². The maximum atomic E-state index is 12.7. The molecular weight excluding hydrogens is 900 g/mol. The SMILES string of the molecule is O=C(Nc1cccc(C(F)(F)F)c1)c1ccc2c(=O)[nH]nc(I)c2c1.O=C(Nc1cccc(C(F)(F)F)c1)c1ccc2c(I)n[nH]c(=O)c2c1. The molecule has 0 saturated heterocycles. The summed E-state index contributed by atoms with van der Waals surface area (Å²) in [6, 6.07) is 17.5. The van der Waals surface area contributed by atoms with Crippen molar-refractivity contribution in [3.8, 4) is 0 Å². The second-order valence-electron chi connectivity index (χ2n) is 10.3. The Morgan fingerprint density at radius 1 is 0.560 bits per heavy atom. The highest BCUT2D eigenvalue weighted by atomic mass is 127. The van der Waals surface area contributed by atoms with E-state index >= 15 is 0 Å². The van der Waals surface area contributed by atoms with E-state index in [1.165, 1.54) is 54.6 Å². The Morgan fingerprint density at radius 3 is 1.46 bits per heavy atom. The van der Waals surface area contributed by atoms with Crippen LogP contribution in [-0.2, 0) is 12.4 Å². The first-order chi connectivity index (χ1) is 23.5. The van der Waals surface area contributed by atoms with Crippen molar-refractivity contribution >= 4 is 89.9 Å². The Morgan fingerprint density at radius 2 is 0.980 bits per heavy atom. The number of rotatable bonds is 4. The normalized spacial score (nSPS) is 11.5. The third-order valence-corrected chi connectivity index (χ3v) is 8.55. The minimum absolute atomic E-state index is 0.0122. The summed E-state index contributed by atoms with van der Waals surface area (Å²) >= 11 is 3.86. The van der Waals surface area contributed by atoms with Gasteiger partial charge in [-0.3, -0.25) is 19.2 Å². The summed E-state index contributed by atoms with van der Waals surface area (Å²) in [7, 11) is 0. The predicted molar refractivity (Wildman–Crippen MR) is 189 cm³/mol. The summed E-state index contributed by atoms with van der Waals surface area (Å²) in [5, 5.41) is 18.8. The molecule has 2 amide bonds. The van der Waals surface area contributed by atoms with Crippen LogP contribution < -0.4 is 21.8 Å². The van der Waals surface area contributed by atoms with Gasteiger partial charge in [-0.05, 0) is 112 Å². The summed E-state index contributed by atoms with van der Waals surface area (Å²) < 4.78 is 77.4. The third kappa shape index (κ3) is 8.46. The van der Waals surface area contributed by atoms with Crippen LogP contribution in [0.4, 0.5) is 37.7 Å². The Labute approximate surface area is 303 Å². The van der Waals surface area contributed by atoms with E-state index in [1.54, 1.807) is 6.07 Å². The lowest BCUT2D eigenvalue weighted by atomic mass is 10.1. The third-order valence-electron chi connectivity index (χ3n) is 6.90. The van der Waals surface area contributed by atoms with Crippen LogP contribution in [0.1, 0.15) is 31.8 Å². The van der Waals surface area contributed by atoms with Gasteiger partial charge in [-0.2, -0.15) is 36.5 Å². The van der Waals surface area contributed by atoms with Gasteiger partial charge in [-0.25, -0.2) is 10.2 Å². The van der Waals surface area contributed by atoms with Gasteiger partial charge in [0.2, 0.25) is 0 Å². The molecule has 0 spiro atoms. The zero-order valence-corrected chi connectivity index (χ0v) is 28.9. The molecule has 0 aliphatic heterocycles. The fraction of sp³-hybridized carbons (Fsp3) is 0.0625. The number of H-pyrrole nitrogens is 2. The summed E-state index contributed by atoms with van der Waals surface area (Å²) in [4.78, 5) is 48.2. The van der Waals surface area contributed by atoms with Crippen LogP contribution in [0.15, 0.2) is 94.5 Å². The van der Waals surface area contributed by atoms with E-state index in [4.69, 9.17) is 0 Å². The molecule has 0 aliphatic rings. The molecular formula is C32H18F6I2N6O4. The van der Waals surface area contributed by atoms with Crippen LogP contribution in [0.2, 0.25) is 0 Å². The zero-order chi connectivity index (χ0) is 36.4. The number of halogens is 8. The number of aromatic amines is 2. The van der Waals surface area contributed by atoms with Crippen molar-refractivity contribution in [1.82, 2.24) is 20.4 Å². The molecule has 0 unspecified atom stereocenters. The maximum absolute atomic E-state index is 12.7. The molecule has 2 heterocycles. The first-order valence-corrected chi connectivity index (χ1v) is 16.0. The number of hydrogen-bond donors (Lipinski definition) is 4. The van der Waals surface area contributed by atoms with Crippen molar-refractivity contribution in [2.45, 2.75) is 12.4 Å². The molecule has 6 aromatic rings. The Bertz CT molecular complexity index is 2400. The van der Waals surface area contributed by atoms with Crippen LogP contribution >= 0.6 is 45.2 Å². The van der Waals surface area contributed by atoms with Crippen LogP contribution in [-0.4, -0.2) is 32.2 Å². The van der Waals surface area contributed by atoms with Gasteiger partial charge in [0.25, 0.3) is 22.9 Å². The minimum Gasteiger partial charge on any atom is -0.322 e. The van der Waals surface area contributed by atoms with E-state index in [0.717, 1.165) is 24.3 Å². The molecule has 0 aliphatic carbocycles. The van der Waals surface area contributed by atoms with E-state index < -0.39 is 40.9 Å². The van der Waals surface area contributed by atoms with Crippen molar-refractivity contribution in [1.29, 1.82) is 0 Å². The summed E-state index contributed by atoms with van der Waals surface area (Å²) in [5.74, 6) is -1.20. The number of alkyl halides is 6. The first-order valence-electron chi connectivity index (χ1n) is 13.8. The van der Waals surface area contributed by atoms with Gasteiger partial charge in [0.05, 0.1) is 21.9 Å². The lowest BCUT2D eigenvalue weighted by molar-refractivity contribution is -0.138. The second-order valence-corrected chi connectivity index (χ2v) is 12.3. The summed E-state index contributed by atoms with van der Waals surface area (Å²) in [6.45, 7) is 0. The van der Waals surface area contributed by atoms with E-state index in [-0.39, 0.29) is 33.4 Å². The number of carbonyl (C=O) groups excluding carboxylic acids is 2. The molecule has 0 bridgehead atoms. The quantitative estimate of drug-likeness (QED) is 0.106. The molecule has 256 valence electrons. The number of fused-ring (bicyclic) bond motifs is 2. The van der Waals surface area contributed by atoms with Crippen molar-refractivity contribution in [3.63, 3.8) is 0 Å². The standard InChI is InChI=1S/2C16H9F3IN3O2/c17-16(18,19)9-2-1-3-10(7-9)21-14(24)8-4-5-11-12(6-8)13(20)22-23-15(11)25;17-16(18,19)9-2-1-3-10(7-9)21-14(24)8-4-5-11-12(6-8)15(25)23-22-13(11)20/h2*1-7H,(H,21,24)(H,23,25). The average molecular weight is 918 g/mol. The average Bonchev–Trinajstić information content (AvgIpc) is 3.07. The van der Waals surface area contributed by atoms with Gasteiger partial charge >= 0.3 is 12.4 Å². The monoisotopic (exact) mass is 918 g/mol. The largest absolute Gasteiger partial charge is 0.416 e. The van der Waals surface area contributed by atoms with Crippen molar-refractivity contribution in [2.75, 3.05) is 10.6 Å². The molecule has 50 heavy (non-hydrogen) atoms. The lowest BCUT2D eigenvalue weighted by Gasteiger charge is -2.10. The van der Waals surface area contributed by atoms with Gasteiger partial charge in [0.15, 0.2) is 0 Å². The van der Waals surface area contributed by atoms with E-state index in [1.807, 2.05) is 45.2 Å². The number of nitrogens with one attached hydrogen (secondary N) is 4. The van der Waals surface area contributed by atoms with Crippen molar-refractivity contribution in [2.24, 2.45) is 0 Å². The molecule has 4 N–H and O–H groups in total. The van der Waals surface area contributed by atoms with Crippen LogP contribution in [0, 0.1) is 7.40 Å². The number of hydrogen-bond acceptors (Lipinski definition) is 6. The smallest absolute Gasteiger partial charge is 0.322 e. The van der Waals surface area contributed by atoms with Gasteiger partial charge in [-0.1, -0.05) is 18.2 Å². The summed E-state index contributed by atoms with van der Waals surface area (Å²) in [5.41, 5.74) is -2.16. The van der Waals surface area contributed by atoms with Gasteiger partial charge < -0.3 is 10.6 Å². The number of aromatic nitrogens is 4. The molecule has 18 heteroatoms. The van der Waals surface area contributed by atoms with Crippen LogP contribution in [0.5, 0.6) is 0 Å². The number of amides is 2. The van der Waals surface area contributed by atoms with Gasteiger partial charge in [0.1, 0.15) is 7.40 Å². The highest BCUT2D eigenvalue weighted by Crippen LogP contribution is 2.32. The number of benzene rings is 4. The highest BCUT2D eigenvalue weighted by molar-refractivity contribution is 14.1. The molecule has 6 rings (SSSR count). The predicted octanol–water partition coefficient (Wildman–Crippen LogP) is 7.60. The second kappa shape index (κ2) is 14.5. The number of carbonyl (C=O) groups is 2. The van der Waals surface area contributed by atoms with Crippen LogP contribution in [0.25, 0.3) is 21.5 Å². The topological polar surface area (TPSA) is 150 Å². The van der Waals surface area contributed by atoms with E-state index in [2.05, 4.69) is 31.0 Å². The lowest BCUT2D eigenvalue weighted by Crippen LogP contribution is -2.15. The van der Waals surface area contributed by atoms with E-state index in [0.29, 0.717) is 23.6 Å². The molecule has 10 nitrogen and oxygen atoms in total. The molecule has 0 radical (unpaired) electrons. The Kier molecular flexibility index (Phi) is 10.6. The zero-order valence-electron chi connectivity index (χ0n) is 24.6. The number of anilines is 2. The van der Waals surface area contributed by atoms with Gasteiger partial charge in [-0.15, -0.1) is 0 Å². The maximum Gasteiger partial charge on any atom is 0.416 e. The minimum atomic E-state index is -4.50. The Balaban J connectivity index is 0.000000194.